The fourth-order valence-corrected chi connectivity index (χ4v) is 2.16. The van der Waals surface area contributed by atoms with Gasteiger partial charge in [0.15, 0.2) is 0 Å². The number of nitrogens with one attached hydrogen (secondary N) is 1. The largest absolute Gasteiger partial charge is 0.370 e. The molecule has 0 aliphatic carbocycles. The van der Waals surface area contributed by atoms with Crippen LogP contribution >= 0.6 is 0 Å². The molecule has 1 N–H and O–H groups in total. The van der Waals surface area contributed by atoms with Crippen LogP contribution in [-0.2, 0) is 13.1 Å². The minimum absolute atomic E-state index is 0.896. The molecule has 0 fully saturated rings. The summed E-state index contributed by atoms with van der Waals surface area (Å²) in [5.74, 6) is 0. The van der Waals surface area contributed by atoms with Crippen LogP contribution in [0.3, 0.4) is 0 Å². The Hall–Kier alpha value is -1.87. The van der Waals surface area contributed by atoms with Crippen LogP contribution in [0.25, 0.3) is 0 Å². The number of aromatic nitrogens is 1. The zero-order chi connectivity index (χ0) is 13.7. The van der Waals surface area contributed by atoms with Gasteiger partial charge in [-0.05, 0) is 54.9 Å². The predicted molar refractivity (Wildman–Crippen MR) is 80.3 cm³/mol. The second-order valence-corrected chi connectivity index (χ2v) is 4.85. The molecule has 19 heavy (non-hydrogen) atoms. The Morgan fingerprint density at radius 3 is 2.53 bits per heavy atom. The molecule has 1 aromatic carbocycles. The van der Waals surface area contributed by atoms with Crippen LogP contribution in [0.1, 0.15) is 16.7 Å². The number of rotatable bonds is 5. The Bertz CT molecular complexity index is 523. The van der Waals surface area contributed by atoms with E-state index < -0.39 is 0 Å². The van der Waals surface area contributed by atoms with Gasteiger partial charge in [-0.25, -0.2) is 0 Å². The molecule has 0 radical (unpaired) electrons. The van der Waals surface area contributed by atoms with Crippen LogP contribution in [-0.4, -0.2) is 19.1 Å². The lowest BCUT2D eigenvalue weighted by molar-refractivity contribution is 0.811. The third-order valence-electron chi connectivity index (χ3n) is 3.30. The summed E-state index contributed by atoms with van der Waals surface area (Å²) in [6.07, 6.45) is 3.68. The van der Waals surface area contributed by atoms with E-state index in [1.54, 1.807) is 0 Å². The summed E-state index contributed by atoms with van der Waals surface area (Å²) < 4.78 is 0. The van der Waals surface area contributed by atoms with Gasteiger partial charge < -0.3 is 10.2 Å². The van der Waals surface area contributed by atoms with Crippen molar-refractivity contribution in [3.8, 4) is 0 Å². The average molecular weight is 255 g/mol. The van der Waals surface area contributed by atoms with E-state index in [1.165, 1.54) is 22.4 Å². The summed E-state index contributed by atoms with van der Waals surface area (Å²) in [7, 11) is 4.09. The van der Waals surface area contributed by atoms with Gasteiger partial charge in [-0.1, -0.05) is 6.07 Å². The molecule has 0 bridgehead atoms. The normalized spacial score (nSPS) is 10.5. The standard InChI is InChI=1S/C16H21N3/c1-13-10-16(5-4-15(13)11-17-2)19(3)12-14-6-8-18-9-7-14/h4-10,17H,11-12H2,1-3H3. The average Bonchev–Trinajstić information content (AvgIpc) is 2.42. The predicted octanol–water partition coefficient (Wildman–Crippen LogP) is 2.75. The van der Waals surface area contributed by atoms with Crippen molar-refractivity contribution in [2.75, 3.05) is 19.0 Å². The highest BCUT2D eigenvalue weighted by Gasteiger charge is 2.04. The molecule has 3 heteroatoms. The Balaban J connectivity index is 2.11. The fraction of sp³-hybridized carbons (Fsp3) is 0.312. The second kappa shape index (κ2) is 6.34. The van der Waals surface area contributed by atoms with Gasteiger partial charge in [-0.2, -0.15) is 0 Å². The quantitative estimate of drug-likeness (QED) is 0.890. The van der Waals surface area contributed by atoms with Crippen molar-refractivity contribution in [1.82, 2.24) is 10.3 Å². The van der Waals surface area contributed by atoms with Crippen LogP contribution in [0, 0.1) is 6.92 Å². The van der Waals surface area contributed by atoms with Crippen LogP contribution in [0.5, 0.6) is 0 Å². The first-order chi connectivity index (χ1) is 9.20. The van der Waals surface area contributed by atoms with E-state index in [0.717, 1.165) is 13.1 Å². The van der Waals surface area contributed by atoms with Crippen molar-refractivity contribution >= 4 is 5.69 Å². The summed E-state index contributed by atoms with van der Waals surface area (Å²) in [6.45, 7) is 3.98. The molecule has 0 amide bonds. The van der Waals surface area contributed by atoms with Crippen molar-refractivity contribution < 1.29 is 0 Å². The van der Waals surface area contributed by atoms with E-state index in [0.29, 0.717) is 0 Å². The number of aryl methyl sites for hydroxylation is 1. The molecule has 2 rings (SSSR count). The third-order valence-corrected chi connectivity index (χ3v) is 3.30. The van der Waals surface area contributed by atoms with E-state index >= 15 is 0 Å². The van der Waals surface area contributed by atoms with Gasteiger partial charge in [0.05, 0.1) is 0 Å². The highest BCUT2D eigenvalue weighted by atomic mass is 15.1. The number of anilines is 1. The molecule has 0 aliphatic heterocycles. The lowest BCUT2D eigenvalue weighted by Gasteiger charge is -2.20. The second-order valence-electron chi connectivity index (χ2n) is 4.85. The summed E-state index contributed by atoms with van der Waals surface area (Å²) in [5.41, 5.74) is 5.20. The molecule has 0 unspecified atom stereocenters. The molecule has 0 saturated carbocycles. The van der Waals surface area contributed by atoms with Gasteiger partial charge in [0.2, 0.25) is 0 Å². The number of nitrogens with zero attached hydrogens (tertiary/aromatic N) is 2. The maximum Gasteiger partial charge on any atom is 0.0427 e. The molecule has 0 saturated heterocycles. The lowest BCUT2D eigenvalue weighted by Crippen LogP contribution is -2.17. The summed E-state index contributed by atoms with van der Waals surface area (Å²) in [4.78, 5) is 6.30. The van der Waals surface area contributed by atoms with Crippen molar-refractivity contribution in [1.29, 1.82) is 0 Å². The first-order valence-electron chi connectivity index (χ1n) is 6.55. The summed E-state index contributed by atoms with van der Waals surface area (Å²) in [6, 6.07) is 10.7. The van der Waals surface area contributed by atoms with Gasteiger partial charge in [-0.3, -0.25) is 4.98 Å². The Labute approximate surface area is 115 Å². The Morgan fingerprint density at radius 1 is 1.16 bits per heavy atom. The number of pyridine rings is 1. The van der Waals surface area contributed by atoms with Gasteiger partial charge >= 0.3 is 0 Å². The van der Waals surface area contributed by atoms with Gasteiger partial charge in [-0.15, -0.1) is 0 Å². The van der Waals surface area contributed by atoms with E-state index in [-0.39, 0.29) is 0 Å². The summed E-state index contributed by atoms with van der Waals surface area (Å²) in [5, 5.41) is 3.19. The lowest BCUT2D eigenvalue weighted by atomic mass is 10.1. The van der Waals surface area contributed by atoms with Crippen LogP contribution < -0.4 is 10.2 Å². The maximum atomic E-state index is 4.05. The molecule has 0 atom stereocenters. The first-order valence-corrected chi connectivity index (χ1v) is 6.55. The van der Waals surface area contributed by atoms with E-state index in [1.807, 2.05) is 19.4 Å². The molecule has 0 aliphatic rings. The van der Waals surface area contributed by atoms with Crippen molar-refractivity contribution in [3.63, 3.8) is 0 Å². The SMILES string of the molecule is CNCc1ccc(N(C)Cc2ccncc2)cc1C. The topological polar surface area (TPSA) is 28.2 Å². The van der Waals surface area contributed by atoms with Gasteiger partial charge in [0.1, 0.15) is 0 Å². The highest BCUT2D eigenvalue weighted by molar-refractivity contribution is 5.50. The number of benzene rings is 1. The van der Waals surface area contributed by atoms with Crippen LogP contribution in [0.2, 0.25) is 0 Å². The minimum atomic E-state index is 0.896. The third kappa shape index (κ3) is 3.55. The first kappa shape index (κ1) is 13.6. The van der Waals surface area contributed by atoms with Crippen molar-refractivity contribution in [2.45, 2.75) is 20.0 Å². The fourth-order valence-electron chi connectivity index (χ4n) is 2.16. The van der Waals surface area contributed by atoms with Gasteiger partial charge in [0.25, 0.3) is 0 Å². The Kier molecular flexibility index (Phi) is 4.53. The van der Waals surface area contributed by atoms with Crippen LogP contribution in [0.4, 0.5) is 5.69 Å². The molecule has 0 spiro atoms. The molecular formula is C16H21N3. The molecular weight excluding hydrogens is 234 g/mol. The van der Waals surface area contributed by atoms with E-state index in [9.17, 15) is 0 Å². The molecule has 100 valence electrons. The number of hydrogen-bond acceptors (Lipinski definition) is 3. The molecule has 1 heterocycles. The van der Waals surface area contributed by atoms with Crippen molar-refractivity contribution in [3.05, 3.63) is 59.4 Å². The minimum Gasteiger partial charge on any atom is -0.370 e. The van der Waals surface area contributed by atoms with E-state index in [4.69, 9.17) is 0 Å². The van der Waals surface area contributed by atoms with Gasteiger partial charge in [0, 0.05) is 38.2 Å². The van der Waals surface area contributed by atoms with Crippen LogP contribution in [0.15, 0.2) is 42.7 Å². The molecule has 1 aromatic heterocycles. The summed E-state index contributed by atoms with van der Waals surface area (Å²) >= 11 is 0. The number of hydrogen-bond donors (Lipinski definition) is 1. The Morgan fingerprint density at radius 2 is 1.89 bits per heavy atom. The van der Waals surface area contributed by atoms with E-state index in [2.05, 4.69) is 59.5 Å². The maximum absolute atomic E-state index is 4.05. The monoisotopic (exact) mass is 255 g/mol. The zero-order valence-electron chi connectivity index (χ0n) is 11.9. The van der Waals surface area contributed by atoms with Crippen molar-refractivity contribution in [2.24, 2.45) is 0 Å². The smallest absolute Gasteiger partial charge is 0.0427 e. The molecule has 2 aromatic rings. The zero-order valence-corrected chi connectivity index (χ0v) is 11.9. The molecule has 3 nitrogen and oxygen atoms in total. The highest BCUT2D eigenvalue weighted by Crippen LogP contribution is 2.19.